The van der Waals surface area contributed by atoms with Crippen LogP contribution in [0.1, 0.15) is 60.5 Å². The summed E-state index contributed by atoms with van der Waals surface area (Å²) in [5.41, 5.74) is 2.23. The molecule has 3 rings (SSSR count). The van der Waals surface area contributed by atoms with Gasteiger partial charge in [-0.15, -0.1) is 0 Å². The maximum absolute atomic E-state index is 12.8. The number of nitrogens with zero attached hydrogens (tertiary/aromatic N) is 1. The lowest BCUT2D eigenvalue weighted by Crippen LogP contribution is -2.44. The maximum atomic E-state index is 12.8. The van der Waals surface area contributed by atoms with Crippen LogP contribution in [0.15, 0.2) is 18.2 Å². The van der Waals surface area contributed by atoms with Crippen LogP contribution in [-0.4, -0.2) is 45.2 Å². The number of anilines is 1. The van der Waals surface area contributed by atoms with Crippen LogP contribution < -0.4 is 10.4 Å². The Morgan fingerprint density at radius 1 is 1.13 bits per heavy atom. The van der Waals surface area contributed by atoms with Crippen molar-refractivity contribution in [1.29, 1.82) is 0 Å². The van der Waals surface area contributed by atoms with Crippen molar-refractivity contribution in [2.75, 3.05) is 11.4 Å². The van der Waals surface area contributed by atoms with E-state index in [-0.39, 0.29) is 28.3 Å². The minimum atomic E-state index is -1.91. The second-order valence-corrected chi connectivity index (χ2v) is 16.1. The molecule has 1 aromatic carbocycles. The highest BCUT2D eigenvalue weighted by Crippen LogP contribution is 2.39. The Morgan fingerprint density at radius 2 is 1.70 bits per heavy atom. The summed E-state index contributed by atoms with van der Waals surface area (Å²) in [7, 11) is -2.31. The third-order valence-corrected chi connectivity index (χ3v) is 11.9. The summed E-state index contributed by atoms with van der Waals surface area (Å²) < 4.78 is 18.9. The number of hydrogen-bond acceptors (Lipinski definition) is 4. The molecule has 1 atom stereocenters. The summed E-state index contributed by atoms with van der Waals surface area (Å²) in [5, 5.41) is 0.129. The first-order valence-corrected chi connectivity index (χ1v) is 13.9. The standard InChI is InChI=1S/C23H38BNO4Si/c1-16-13-17(24-28-22(5,6)23(7,8)29-24)11-12-19(16)25-15-18(14-20(25)26)27-30(9,10)21(2,3)4/h11-13,18H,14-15H2,1-10H3/t18-/m1/s1. The van der Waals surface area contributed by atoms with E-state index in [1.54, 1.807) is 0 Å². The van der Waals surface area contributed by atoms with Gasteiger partial charge in [0.05, 0.1) is 30.3 Å². The van der Waals surface area contributed by atoms with Gasteiger partial charge in [-0.3, -0.25) is 4.79 Å². The third-order valence-electron chi connectivity index (χ3n) is 7.39. The average Bonchev–Trinajstić information content (AvgIpc) is 3.01. The van der Waals surface area contributed by atoms with Crippen LogP contribution in [-0.2, 0) is 18.5 Å². The minimum absolute atomic E-state index is 0.0411. The number of aryl methyl sites for hydroxylation is 1. The van der Waals surface area contributed by atoms with Gasteiger partial charge < -0.3 is 18.6 Å². The Kier molecular flexibility index (Phi) is 5.85. The number of hydrogen-bond donors (Lipinski definition) is 0. The second-order valence-electron chi connectivity index (χ2n) is 11.3. The van der Waals surface area contributed by atoms with Crippen LogP contribution in [0, 0.1) is 6.92 Å². The molecule has 1 amide bonds. The number of benzene rings is 1. The van der Waals surface area contributed by atoms with Crippen LogP contribution in [0.4, 0.5) is 5.69 Å². The number of rotatable bonds is 4. The smallest absolute Gasteiger partial charge is 0.412 e. The first kappa shape index (κ1) is 23.5. The number of carbonyl (C=O) groups excluding carboxylic acids is 1. The average molecular weight is 431 g/mol. The third kappa shape index (κ3) is 4.27. The lowest BCUT2D eigenvalue weighted by molar-refractivity contribution is -0.117. The molecule has 0 aromatic heterocycles. The van der Waals surface area contributed by atoms with E-state index < -0.39 is 15.4 Å². The van der Waals surface area contributed by atoms with Gasteiger partial charge in [0.2, 0.25) is 5.91 Å². The first-order chi connectivity index (χ1) is 13.5. The molecule has 0 N–H and O–H groups in total. The highest BCUT2D eigenvalue weighted by molar-refractivity contribution is 6.74. The molecule has 2 heterocycles. The van der Waals surface area contributed by atoms with E-state index >= 15 is 0 Å². The lowest BCUT2D eigenvalue weighted by Gasteiger charge is -2.38. The molecule has 0 aliphatic carbocycles. The van der Waals surface area contributed by atoms with Crippen LogP contribution in [0.25, 0.3) is 0 Å². The molecule has 0 saturated carbocycles. The predicted molar refractivity (Wildman–Crippen MR) is 126 cm³/mol. The zero-order valence-corrected chi connectivity index (χ0v) is 21.4. The van der Waals surface area contributed by atoms with Gasteiger partial charge in [-0.1, -0.05) is 32.9 Å². The summed E-state index contributed by atoms with van der Waals surface area (Å²) in [5.74, 6) is 0.130. The zero-order valence-electron chi connectivity index (χ0n) is 20.4. The Bertz CT molecular complexity index is 815. The van der Waals surface area contributed by atoms with Crippen molar-refractivity contribution in [3.63, 3.8) is 0 Å². The molecule has 2 aliphatic rings. The summed E-state index contributed by atoms with van der Waals surface area (Å²) in [6, 6.07) is 6.11. The van der Waals surface area contributed by atoms with E-state index in [1.807, 2.05) is 24.0 Å². The van der Waals surface area contributed by atoms with Gasteiger partial charge in [-0.05, 0) is 69.8 Å². The quantitative estimate of drug-likeness (QED) is 0.663. The maximum Gasteiger partial charge on any atom is 0.494 e. The van der Waals surface area contributed by atoms with Crippen molar-refractivity contribution in [2.24, 2.45) is 0 Å². The van der Waals surface area contributed by atoms with Gasteiger partial charge in [0, 0.05) is 5.69 Å². The van der Waals surface area contributed by atoms with Gasteiger partial charge in [0.15, 0.2) is 8.32 Å². The van der Waals surface area contributed by atoms with Crippen molar-refractivity contribution in [1.82, 2.24) is 0 Å². The Labute approximate surface area is 183 Å². The van der Waals surface area contributed by atoms with Crippen LogP contribution >= 0.6 is 0 Å². The fourth-order valence-corrected chi connectivity index (χ4v) is 5.03. The summed E-state index contributed by atoms with van der Waals surface area (Å²) in [6.07, 6.45) is 0.408. The van der Waals surface area contributed by atoms with Crippen LogP contribution in [0.3, 0.4) is 0 Å². The topological polar surface area (TPSA) is 48.0 Å². The Morgan fingerprint density at radius 3 is 2.20 bits per heavy atom. The monoisotopic (exact) mass is 431 g/mol. The predicted octanol–water partition coefficient (Wildman–Crippen LogP) is 4.42. The minimum Gasteiger partial charge on any atom is -0.412 e. The molecule has 2 aliphatic heterocycles. The first-order valence-electron chi connectivity index (χ1n) is 11.0. The molecule has 0 unspecified atom stereocenters. The normalized spacial score (nSPS) is 24.1. The fraction of sp³-hybridized carbons (Fsp3) is 0.696. The molecule has 30 heavy (non-hydrogen) atoms. The fourth-order valence-electron chi connectivity index (χ4n) is 3.69. The molecule has 7 heteroatoms. The second kappa shape index (κ2) is 7.47. The molecule has 0 radical (unpaired) electrons. The SMILES string of the molecule is Cc1cc(B2OC(C)(C)C(C)(C)O2)ccc1N1C[C@H](O[Si](C)(C)C(C)(C)C)CC1=O. The molecule has 5 nitrogen and oxygen atoms in total. The highest BCUT2D eigenvalue weighted by Gasteiger charge is 2.51. The van der Waals surface area contributed by atoms with Gasteiger partial charge >= 0.3 is 7.12 Å². The van der Waals surface area contributed by atoms with E-state index in [2.05, 4.69) is 67.6 Å². The molecule has 0 bridgehead atoms. The van der Waals surface area contributed by atoms with Gasteiger partial charge in [0.1, 0.15) is 0 Å². The van der Waals surface area contributed by atoms with Crippen molar-refractivity contribution in [2.45, 2.75) is 97.2 Å². The van der Waals surface area contributed by atoms with E-state index in [1.165, 1.54) is 0 Å². The number of amides is 1. The van der Waals surface area contributed by atoms with Gasteiger partial charge in [-0.2, -0.15) is 0 Å². The Hall–Kier alpha value is -1.15. The number of carbonyl (C=O) groups is 1. The van der Waals surface area contributed by atoms with Crippen molar-refractivity contribution < 1.29 is 18.5 Å². The van der Waals surface area contributed by atoms with E-state index in [0.29, 0.717) is 13.0 Å². The van der Waals surface area contributed by atoms with Crippen LogP contribution in [0.2, 0.25) is 18.1 Å². The van der Waals surface area contributed by atoms with Crippen molar-refractivity contribution >= 4 is 32.5 Å². The van der Waals surface area contributed by atoms with E-state index in [9.17, 15) is 4.79 Å². The molecular formula is C23H38BNO4Si. The van der Waals surface area contributed by atoms with Crippen molar-refractivity contribution in [3.05, 3.63) is 23.8 Å². The summed E-state index contributed by atoms with van der Waals surface area (Å²) in [6.45, 7) is 22.0. The molecule has 1 aromatic rings. The van der Waals surface area contributed by atoms with E-state index in [4.69, 9.17) is 13.7 Å². The summed E-state index contributed by atoms with van der Waals surface area (Å²) in [4.78, 5) is 14.7. The molecule has 166 valence electrons. The molecular weight excluding hydrogens is 393 g/mol. The zero-order chi connectivity index (χ0) is 22.7. The lowest BCUT2D eigenvalue weighted by atomic mass is 9.78. The largest absolute Gasteiger partial charge is 0.494 e. The summed E-state index contributed by atoms with van der Waals surface area (Å²) >= 11 is 0. The molecule has 0 spiro atoms. The molecule has 2 fully saturated rings. The Balaban J connectivity index is 1.75. The van der Waals surface area contributed by atoms with Crippen LogP contribution in [0.5, 0.6) is 0 Å². The van der Waals surface area contributed by atoms with Crippen molar-refractivity contribution in [3.8, 4) is 0 Å². The van der Waals surface area contributed by atoms with Gasteiger partial charge in [-0.25, -0.2) is 0 Å². The molecule has 2 saturated heterocycles. The van der Waals surface area contributed by atoms with Gasteiger partial charge in [0.25, 0.3) is 0 Å². The van der Waals surface area contributed by atoms with E-state index in [0.717, 1.165) is 16.7 Å². The highest BCUT2D eigenvalue weighted by atomic mass is 28.4.